The number of thiophene rings is 1. The molecule has 1 aliphatic heterocycles. The highest BCUT2D eigenvalue weighted by Crippen LogP contribution is 2.39. The minimum absolute atomic E-state index is 0.0287. The Bertz CT molecular complexity index is 1030. The van der Waals surface area contributed by atoms with Gasteiger partial charge in [-0.3, -0.25) is 15.1 Å². The molecule has 0 bridgehead atoms. The Balaban J connectivity index is 1.76. The Morgan fingerprint density at radius 3 is 2.57 bits per heavy atom. The zero-order chi connectivity index (χ0) is 19.7. The molecule has 2 aromatic carbocycles. The number of alkyl halides is 1. The van der Waals surface area contributed by atoms with Gasteiger partial charge in [-0.25, -0.2) is 0 Å². The summed E-state index contributed by atoms with van der Waals surface area (Å²) in [4.78, 5) is 12.9. The summed E-state index contributed by atoms with van der Waals surface area (Å²) >= 11 is 7.85. The molecule has 0 spiro atoms. The van der Waals surface area contributed by atoms with E-state index in [9.17, 15) is 10.1 Å². The summed E-state index contributed by atoms with van der Waals surface area (Å²) in [6, 6.07) is 18.9. The fraction of sp³-hybridized carbons (Fsp3) is 0.190. The molecule has 4 rings (SSSR count). The molecule has 142 valence electrons. The molecule has 1 aromatic heterocycles. The van der Waals surface area contributed by atoms with E-state index in [0.717, 1.165) is 33.8 Å². The Morgan fingerprint density at radius 1 is 1.21 bits per heavy atom. The van der Waals surface area contributed by atoms with Gasteiger partial charge in [-0.15, -0.1) is 22.9 Å². The summed E-state index contributed by atoms with van der Waals surface area (Å²) in [5, 5.41) is 17.9. The van der Waals surface area contributed by atoms with Gasteiger partial charge in [0.25, 0.3) is 5.69 Å². The van der Waals surface area contributed by atoms with Gasteiger partial charge in [-0.05, 0) is 30.7 Å². The summed E-state index contributed by atoms with van der Waals surface area (Å²) in [6.45, 7) is 2.07. The topological polar surface area (TPSA) is 58.7 Å². The van der Waals surface area contributed by atoms with E-state index in [4.69, 9.17) is 16.7 Å². The van der Waals surface area contributed by atoms with Gasteiger partial charge in [0.1, 0.15) is 0 Å². The molecule has 0 amide bonds. The Labute approximate surface area is 172 Å². The summed E-state index contributed by atoms with van der Waals surface area (Å²) in [5.41, 5.74) is 4.14. The van der Waals surface area contributed by atoms with E-state index in [1.54, 1.807) is 23.5 Å². The van der Waals surface area contributed by atoms with Gasteiger partial charge in [0.05, 0.1) is 28.2 Å². The average Bonchev–Trinajstić information content (AvgIpc) is 3.32. The highest BCUT2D eigenvalue weighted by Gasteiger charge is 2.31. The van der Waals surface area contributed by atoms with Crippen molar-refractivity contribution in [2.45, 2.75) is 25.3 Å². The zero-order valence-electron chi connectivity index (χ0n) is 15.2. The molecule has 7 heteroatoms. The molecular formula is C21H18ClN3O2S. The van der Waals surface area contributed by atoms with E-state index in [1.165, 1.54) is 17.0 Å². The fourth-order valence-corrected chi connectivity index (χ4v) is 4.69. The molecular weight excluding hydrogens is 394 g/mol. The number of hydrogen-bond acceptors (Lipinski definition) is 5. The van der Waals surface area contributed by atoms with Gasteiger partial charge in [0, 0.05) is 33.9 Å². The maximum absolute atomic E-state index is 11.0. The van der Waals surface area contributed by atoms with Crippen LogP contribution < -0.4 is 5.01 Å². The number of anilines is 1. The maximum atomic E-state index is 11.0. The second-order valence-electron chi connectivity index (χ2n) is 6.62. The van der Waals surface area contributed by atoms with Gasteiger partial charge >= 0.3 is 0 Å². The highest BCUT2D eigenvalue weighted by atomic mass is 35.5. The number of hydrogen-bond donors (Lipinski definition) is 0. The molecule has 28 heavy (non-hydrogen) atoms. The quantitative estimate of drug-likeness (QED) is 0.291. The first-order valence-electron chi connectivity index (χ1n) is 8.88. The molecule has 0 aliphatic carbocycles. The van der Waals surface area contributed by atoms with Crippen LogP contribution in [0.1, 0.15) is 33.3 Å². The number of hydrazone groups is 1. The molecule has 0 N–H and O–H groups in total. The standard InChI is InChI=1S/C21H18ClN3O2S/c1-14-11-18(21(13-22)28-14)19-12-20(15-5-3-2-4-6-15)24(23-19)16-7-9-17(10-8-16)25(26)27/h2-11,20H,12-13H2,1H3. The Hall–Kier alpha value is -2.70. The van der Waals surface area contributed by atoms with Crippen molar-refractivity contribution < 1.29 is 4.92 Å². The van der Waals surface area contributed by atoms with Crippen LogP contribution in [0, 0.1) is 17.0 Å². The number of nitrogens with zero attached hydrogens (tertiary/aromatic N) is 3. The lowest BCUT2D eigenvalue weighted by atomic mass is 9.98. The number of halogens is 1. The van der Waals surface area contributed by atoms with Crippen molar-refractivity contribution in [3.05, 3.63) is 91.7 Å². The first-order valence-corrected chi connectivity index (χ1v) is 10.2. The van der Waals surface area contributed by atoms with Crippen molar-refractivity contribution in [3.63, 3.8) is 0 Å². The fourth-order valence-electron chi connectivity index (χ4n) is 3.48. The van der Waals surface area contributed by atoms with Crippen LogP contribution in [0.15, 0.2) is 65.8 Å². The normalized spacial score (nSPS) is 16.3. The first-order chi connectivity index (χ1) is 13.6. The Morgan fingerprint density at radius 2 is 1.93 bits per heavy atom. The van der Waals surface area contributed by atoms with Crippen LogP contribution in [-0.2, 0) is 5.88 Å². The zero-order valence-corrected chi connectivity index (χ0v) is 16.8. The maximum Gasteiger partial charge on any atom is 0.269 e. The molecule has 1 unspecified atom stereocenters. The van der Waals surface area contributed by atoms with E-state index >= 15 is 0 Å². The van der Waals surface area contributed by atoms with Crippen molar-refractivity contribution in [3.8, 4) is 0 Å². The second-order valence-corrected chi connectivity index (χ2v) is 8.23. The molecule has 0 saturated heterocycles. The second kappa shape index (κ2) is 7.73. The molecule has 0 fully saturated rings. The number of benzene rings is 2. The van der Waals surface area contributed by atoms with E-state index in [0.29, 0.717) is 5.88 Å². The molecule has 2 heterocycles. The SMILES string of the molecule is Cc1cc(C2=NN(c3ccc([N+](=O)[O-])cc3)C(c3ccccc3)C2)c(CCl)s1. The van der Waals surface area contributed by atoms with Gasteiger partial charge in [0.2, 0.25) is 0 Å². The van der Waals surface area contributed by atoms with Crippen LogP contribution in [0.3, 0.4) is 0 Å². The van der Waals surface area contributed by atoms with Crippen molar-refractivity contribution in [2.75, 3.05) is 5.01 Å². The number of nitro benzene ring substituents is 1. The summed E-state index contributed by atoms with van der Waals surface area (Å²) in [5.74, 6) is 0.459. The van der Waals surface area contributed by atoms with Gasteiger partial charge in [-0.2, -0.15) is 5.10 Å². The number of nitro groups is 1. The molecule has 5 nitrogen and oxygen atoms in total. The minimum atomic E-state index is -0.391. The molecule has 0 radical (unpaired) electrons. The number of rotatable bonds is 5. The summed E-state index contributed by atoms with van der Waals surface area (Å²) in [6.07, 6.45) is 0.751. The molecule has 1 atom stereocenters. The average molecular weight is 412 g/mol. The van der Waals surface area contributed by atoms with Gasteiger partial charge in [0.15, 0.2) is 0 Å². The lowest BCUT2D eigenvalue weighted by Gasteiger charge is -2.23. The van der Waals surface area contributed by atoms with Crippen molar-refractivity contribution in [1.29, 1.82) is 0 Å². The molecule has 3 aromatic rings. The highest BCUT2D eigenvalue weighted by molar-refractivity contribution is 7.12. The molecule has 1 aliphatic rings. The summed E-state index contributed by atoms with van der Waals surface area (Å²) in [7, 11) is 0. The predicted octanol–water partition coefficient (Wildman–Crippen LogP) is 6.06. The van der Waals surface area contributed by atoms with Crippen molar-refractivity contribution >= 4 is 40.0 Å². The van der Waals surface area contributed by atoms with Crippen LogP contribution in [0.25, 0.3) is 0 Å². The number of aryl methyl sites for hydroxylation is 1. The van der Waals surface area contributed by atoms with Crippen molar-refractivity contribution in [2.24, 2.45) is 5.10 Å². The van der Waals surface area contributed by atoms with E-state index in [-0.39, 0.29) is 11.7 Å². The van der Waals surface area contributed by atoms with E-state index in [2.05, 4.69) is 25.1 Å². The minimum Gasteiger partial charge on any atom is -0.258 e. The largest absolute Gasteiger partial charge is 0.269 e. The monoisotopic (exact) mass is 411 g/mol. The van der Waals surface area contributed by atoms with Crippen LogP contribution in [0.4, 0.5) is 11.4 Å². The summed E-state index contributed by atoms with van der Waals surface area (Å²) < 4.78 is 0. The lowest BCUT2D eigenvalue weighted by molar-refractivity contribution is -0.384. The third kappa shape index (κ3) is 3.53. The smallest absolute Gasteiger partial charge is 0.258 e. The third-order valence-corrected chi connectivity index (χ3v) is 6.26. The molecule has 0 saturated carbocycles. The van der Waals surface area contributed by atoms with Crippen molar-refractivity contribution in [1.82, 2.24) is 0 Å². The van der Waals surface area contributed by atoms with Crippen LogP contribution in [0.2, 0.25) is 0 Å². The Kier molecular flexibility index (Phi) is 5.15. The lowest BCUT2D eigenvalue weighted by Crippen LogP contribution is -2.18. The van der Waals surface area contributed by atoms with Crippen LogP contribution in [-0.4, -0.2) is 10.6 Å². The first kappa shape index (κ1) is 18.7. The van der Waals surface area contributed by atoms with Gasteiger partial charge < -0.3 is 0 Å². The van der Waals surface area contributed by atoms with Gasteiger partial charge in [-0.1, -0.05) is 30.3 Å². The van der Waals surface area contributed by atoms with Crippen LogP contribution >= 0.6 is 22.9 Å². The predicted molar refractivity (Wildman–Crippen MR) is 115 cm³/mol. The van der Waals surface area contributed by atoms with Crippen LogP contribution in [0.5, 0.6) is 0 Å². The number of non-ortho nitro benzene ring substituents is 1. The third-order valence-electron chi connectivity index (χ3n) is 4.78. The van der Waals surface area contributed by atoms with E-state index in [1.807, 2.05) is 23.2 Å². The van der Waals surface area contributed by atoms with E-state index < -0.39 is 4.92 Å².